The normalized spacial score (nSPS) is 17.5. The van der Waals surface area contributed by atoms with Crippen molar-refractivity contribution in [2.24, 2.45) is 0 Å². The number of amides is 1. The molecule has 0 aliphatic carbocycles. The van der Waals surface area contributed by atoms with Gasteiger partial charge in [-0.2, -0.15) is 0 Å². The number of benzene rings is 2. The second-order valence-corrected chi connectivity index (χ2v) is 7.94. The van der Waals surface area contributed by atoms with E-state index in [1.165, 1.54) is 19.1 Å². The Morgan fingerprint density at radius 2 is 1.64 bits per heavy atom. The summed E-state index contributed by atoms with van der Waals surface area (Å²) < 4.78 is 16.7. The third-order valence-electron chi connectivity index (χ3n) is 5.75. The van der Waals surface area contributed by atoms with Crippen LogP contribution < -0.4 is 14.4 Å². The Morgan fingerprint density at radius 3 is 2.18 bits per heavy atom. The molecule has 1 aliphatic heterocycles. The van der Waals surface area contributed by atoms with Gasteiger partial charge in [-0.1, -0.05) is 23.8 Å². The summed E-state index contributed by atoms with van der Waals surface area (Å²) in [5.74, 6) is -0.379. The summed E-state index contributed by atoms with van der Waals surface area (Å²) in [5.41, 5.74) is 2.50. The first-order valence-electron chi connectivity index (χ1n) is 10.4. The van der Waals surface area contributed by atoms with E-state index >= 15 is 0 Å². The van der Waals surface area contributed by atoms with Crippen LogP contribution in [0.4, 0.5) is 5.69 Å². The smallest absolute Gasteiger partial charge is 0.300 e. The Labute approximate surface area is 191 Å². The van der Waals surface area contributed by atoms with E-state index in [0.29, 0.717) is 28.7 Å². The van der Waals surface area contributed by atoms with Crippen LogP contribution in [0.2, 0.25) is 0 Å². The lowest BCUT2D eigenvalue weighted by Gasteiger charge is -2.25. The Balaban J connectivity index is 2.02. The SMILES string of the molecule is COc1cccc(OC)c1/C(O)=C1\C(=O)C(=O)N(c2ccc(C)cc2C)C1c1ccc(C)o1. The fourth-order valence-electron chi connectivity index (χ4n) is 4.25. The monoisotopic (exact) mass is 447 g/mol. The van der Waals surface area contributed by atoms with Crippen LogP contribution in [0.1, 0.15) is 34.3 Å². The predicted molar refractivity (Wildman–Crippen MR) is 124 cm³/mol. The van der Waals surface area contributed by atoms with Crippen LogP contribution >= 0.6 is 0 Å². The molecule has 2 aromatic carbocycles. The van der Waals surface area contributed by atoms with Crippen LogP contribution in [0.3, 0.4) is 0 Å². The molecule has 0 saturated carbocycles. The molecule has 1 N–H and O–H groups in total. The zero-order valence-electron chi connectivity index (χ0n) is 19.1. The average Bonchev–Trinajstić information content (AvgIpc) is 3.34. The topological polar surface area (TPSA) is 89.2 Å². The van der Waals surface area contributed by atoms with E-state index in [0.717, 1.165) is 11.1 Å². The number of aliphatic hydroxyl groups is 1. The highest BCUT2D eigenvalue weighted by molar-refractivity contribution is 6.51. The molecule has 1 aliphatic rings. The lowest BCUT2D eigenvalue weighted by molar-refractivity contribution is -0.132. The van der Waals surface area contributed by atoms with Crippen LogP contribution in [0.15, 0.2) is 58.5 Å². The molecule has 0 radical (unpaired) electrons. The summed E-state index contributed by atoms with van der Waals surface area (Å²) in [4.78, 5) is 28.0. The molecular weight excluding hydrogens is 422 g/mol. The molecular formula is C26H25NO6. The van der Waals surface area contributed by atoms with E-state index in [1.807, 2.05) is 26.0 Å². The van der Waals surface area contributed by atoms with Crippen molar-refractivity contribution in [1.82, 2.24) is 0 Å². The maximum absolute atomic E-state index is 13.3. The maximum atomic E-state index is 13.3. The summed E-state index contributed by atoms with van der Waals surface area (Å²) >= 11 is 0. The van der Waals surface area contributed by atoms with Gasteiger partial charge in [0.15, 0.2) is 0 Å². The van der Waals surface area contributed by atoms with Gasteiger partial charge in [-0.05, 0) is 56.7 Å². The Kier molecular flexibility index (Phi) is 5.72. The van der Waals surface area contributed by atoms with Gasteiger partial charge >= 0.3 is 0 Å². The Hall–Kier alpha value is -4.00. The minimum atomic E-state index is -0.963. The fraction of sp³-hybridized carbons (Fsp3) is 0.231. The van der Waals surface area contributed by atoms with Gasteiger partial charge in [-0.3, -0.25) is 14.5 Å². The summed E-state index contributed by atoms with van der Waals surface area (Å²) in [7, 11) is 2.90. The number of carbonyl (C=O) groups excluding carboxylic acids is 2. The molecule has 0 spiro atoms. The minimum absolute atomic E-state index is 0.0999. The number of hydrogen-bond donors (Lipinski definition) is 1. The van der Waals surface area contributed by atoms with Crippen molar-refractivity contribution in [1.29, 1.82) is 0 Å². The van der Waals surface area contributed by atoms with Gasteiger partial charge in [-0.15, -0.1) is 0 Å². The number of aryl methyl sites for hydroxylation is 3. The van der Waals surface area contributed by atoms with Crippen molar-refractivity contribution in [3.8, 4) is 11.5 Å². The maximum Gasteiger partial charge on any atom is 0.300 e. The first kappa shape index (κ1) is 22.2. The number of aliphatic hydroxyl groups excluding tert-OH is 1. The molecule has 7 heteroatoms. The van der Waals surface area contributed by atoms with Crippen LogP contribution in [-0.4, -0.2) is 31.0 Å². The van der Waals surface area contributed by atoms with Crippen LogP contribution in [0.5, 0.6) is 11.5 Å². The zero-order chi connectivity index (χ0) is 23.9. The zero-order valence-corrected chi connectivity index (χ0v) is 19.1. The van der Waals surface area contributed by atoms with Gasteiger partial charge in [0, 0.05) is 5.69 Å². The van der Waals surface area contributed by atoms with Crippen LogP contribution in [-0.2, 0) is 9.59 Å². The van der Waals surface area contributed by atoms with Crippen molar-refractivity contribution >= 4 is 23.1 Å². The highest BCUT2D eigenvalue weighted by Gasteiger charge is 2.49. The lowest BCUT2D eigenvalue weighted by Crippen LogP contribution is -2.30. The fourth-order valence-corrected chi connectivity index (χ4v) is 4.25. The minimum Gasteiger partial charge on any atom is -0.506 e. The molecule has 1 amide bonds. The van der Waals surface area contributed by atoms with Gasteiger partial charge in [0.05, 0.1) is 19.8 Å². The number of hydrogen-bond acceptors (Lipinski definition) is 6. The van der Waals surface area contributed by atoms with Crippen molar-refractivity contribution < 1.29 is 28.6 Å². The van der Waals surface area contributed by atoms with Gasteiger partial charge in [0.1, 0.15) is 40.4 Å². The number of rotatable bonds is 5. The van der Waals surface area contributed by atoms with Crippen molar-refractivity contribution in [3.05, 3.63) is 82.3 Å². The molecule has 4 rings (SSSR count). The molecule has 33 heavy (non-hydrogen) atoms. The van der Waals surface area contributed by atoms with E-state index in [1.54, 1.807) is 43.3 Å². The van der Waals surface area contributed by atoms with Crippen molar-refractivity contribution in [2.45, 2.75) is 26.8 Å². The standard InChI is InChI=1S/C26H25NO6/c1-14-9-11-17(15(2)13-14)27-23(20-12-10-16(3)33-20)22(25(29)26(27)30)24(28)21-18(31-4)7-6-8-19(21)32-5/h6-13,23,28H,1-5H3/b24-22+. The molecule has 1 aromatic heterocycles. The number of ketones is 1. The van der Waals surface area contributed by atoms with E-state index in [2.05, 4.69) is 0 Å². The first-order valence-corrected chi connectivity index (χ1v) is 10.4. The molecule has 1 atom stereocenters. The number of nitrogens with zero attached hydrogens (tertiary/aromatic N) is 1. The molecule has 170 valence electrons. The lowest BCUT2D eigenvalue weighted by atomic mass is 9.97. The first-order chi connectivity index (χ1) is 15.8. The highest BCUT2D eigenvalue weighted by Crippen LogP contribution is 2.46. The van der Waals surface area contributed by atoms with Crippen LogP contribution in [0, 0.1) is 20.8 Å². The molecule has 0 bridgehead atoms. The summed E-state index contributed by atoms with van der Waals surface area (Å²) in [6.45, 7) is 5.59. The second-order valence-electron chi connectivity index (χ2n) is 7.94. The summed E-state index contributed by atoms with van der Waals surface area (Å²) in [6, 6.07) is 13.1. The second kappa shape index (κ2) is 8.50. The van der Waals surface area contributed by atoms with Gasteiger partial charge in [0.25, 0.3) is 11.7 Å². The molecule has 1 unspecified atom stereocenters. The van der Waals surface area contributed by atoms with E-state index < -0.39 is 23.5 Å². The van der Waals surface area contributed by atoms with Gasteiger partial charge in [-0.25, -0.2) is 0 Å². The van der Waals surface area contributed by atoms with E-state index in [9.17, 15) is 14.7 Å². The largest absolute Gasteiger partial charge is 0.506 e. The number of carbonyl (C=O) groups is 2. The van der Waals surface area contributed by atoms with Gasteiger partial charge < -0.3 is 19.0 Å². The molecule has 1 saturated heterocycles. The average molecular weight is 447 g/mol. The van der Waals surface area contributed by atoms with E-state index in [4.69, 9.17) is 13.9 Å². The number of ether oxygens (including phenoxy) is 2. The predicted octanol–water partition coefficient (Wildman–Crippen LogP) is 4.85. The van der Waals surface area contributed by atoms with Crippen LogP contribution in [0.25, 0.3) is 5.76 Å². The quantitative estimate of drug-likeness (QED) is 0.342. The third-order valence-corrected chi connectivity index (χ3v) is 5.75. The third kappa shape index (κ3) is 3.65. The summed E-state index contributed by atoms with van der Waals surface area (Å²) in [5, 5.41) is 11.4. The molecule has 7 nitrogen and oxygen atoms in total. The Bertz CT molecular complexity index is 1260. The molecule has 1 fully saturated rings. The number of Topliss-reactive ketones (excluding diaryl/α,β-unsaturated/α-hetero) is 1. The summed E-state index contributed by atoms with van der Waals surface area (Å²) in [6.07, 6.45) is 0. The Morgan fingerprint density at radius 1 is 0.970 bits per heavy atom. The van der Waals surface area contributed by atoms with Gasteiger partial charge in [0.2, 0.25) is 0 Å². The number of furan rings is 1. The van der Waals surface area contributed by atoms with E-state index in [-0.39, 0.29) is 11.1 Å². The molecule has 2 heterocycles. The number of anilines is 1. The van der Waals surface area contributed by atoms with Crippen molar-refractivity contribution in [2.75, 3.05) is 19.1 Å². The molecule has 3 aromatic rings. The highest BCUT2D eigenvalue weighted by atomic mass is 16.5. The number of methoxy groups -OCH3 is 2. The van der Waals surface area contributed by atoms with Crippen molar-refractivity contribution in [3.63, 3.8) is 0 Å².